The van der Waals surface area contributed by atoms with Crippen molar-refractivity contribution < 1.29 is 9.21 Å². The van der Waals surface area contributed by atoms with Crippen molar-refractivity contribution in [1.82, 2.24) is 19.4 Å². The van der Waals surface area contributed by atoms with Gasteiger partial charge in [0.1, 0.15) is 5.82 Å². The maximum absolute atomic E-state index is 12.3. The smallest absolute Gasteiger partial charge is 0.289 e. The first-order chi connectivity index (χ1) is 10.6. The lowest BCUT2D eigenvalue weighted by Gasteiger charge is -2.34. The summed E-state index contributed by atoms with van der Waals surface area (Å²) >= 11 is 3.23. The van der Waals surface area contributed by atoms with Crippen LogP contribution in [0.4, 0.5) is 0 Å². The standard InChI is InChI=1S/C15H19BrN4O2/c1-12-17-4-5-19(12)9-6-18-7-10-20(11-8-18)15(21)13-2-3-14(16)22-13/h2-5H,6-11H2,1H3. The third-order valence-corrected chi connectivity index (χ3v) is 4.45. The highest BCUT2D eigenvalue weighted by Gasteiger charge is 2.23. The summed E-state index contributed by atoms with van der Waals surface area (Å²) in [7, 11) is 0. The van der Waals surface area contributed by atoms with Crippen LogP contribution in [0.2, 0.25) is 0 Å². The summed E-state index contributed by atoms with van der Waals surface area (Å²) in [6.45, 7) is 7.18. The number of aromatic nitrogens is 2. The van der Waals surface area contributed by atoms with E-state index in [9.17, 15) is 4.79 Å². The molecule has 2 aromatic heterocycles. The number of aryl methyl sites for hydroxylation is 1. The highest BCUT2D eigenvalue weighted by molar-refractivity contribution is 9.10. The van der Waals surface area contributed by atoms with E-state index in [1.54, 1.807) is 12.1 Å². The van der Waals surface area contributed by atoms with Crippen LogP contribution in [0, 0.1) is 6.92 Å². The quantitative estimate of drug-likeness (QED) is 0.830. The van der Waals surface area contributed by atoms with Gasteiger partial charge in [-0.15, -0.1) is 0 Å². The molecule has 1 aliphatic rings. The normalized spacial score (nSPS) is 16.2. The zero-order chi connectivity index (χ0) is 15.5. The van der Waals surface area contributed by atoms with Crippen LogP contribution in [-0.2, 0) is 6.54 Å². The Balaban J connectivity index is 1.48. The molecule has 0 spiro atoms. The molecule has 0 aromatic carbocycles. The fourth-order valence-electron chi connectivity index (χ4n) is 2.65. The van der Waals surface area contributed by atoms with E-state index in [1.807, 2.05) is 24.2 Å². The van der Waals surface area contributed by atoms with Crippen molar-refractivity contribution >= 4 is 21.8 Å². The van der Waals surface area contributed by atoms with Gasteiger partial charge in [-0.3, -0.25) is 9.69 Å². The summed E-state index contributed by atoms with van der Waals surface area (Å²) in [6, 6.07) is 3.46. The Morgan fingerprint density at radius 1 is 1.27 bits per heavy atom. The third-order valence-electron chi connectivity index (χ3n) is 4.02. The molecule has 1 amide bonds. The molecule has 0 saturated carbocycles. The number of furan rings is 1. The van der Waals surface area contributed by atoms with Gasteiger partial charge in [-0.05, 0) is 35.0 Å². The van der Waals surface area contributed by atoms with Crippen molar-refractivity contribution in [1.29, 1.82) is 0 Å². The van der Waals surface area contributed by atoms with Crippen LogP contribution in [-0.4, -0.2) is 58.0 Å². The van der Waals surface area contributed by atoms with Crippen molar-refractivity contribution in [3.63, 3.8) is 0 Å². The Kier molecular flexibility index (Phi) is 4.63. The average molecular weight is 367 g/mol. The van der Waals surface area contributed by atoms with Gasteiger partial charge in [-0.25, -0.2) is 4.98 Å². The summed E-state index contributed by atoms with van der Waals surface area (Å²) in [5, 5.41) is 0. The van der Waals surface area contributed by atoms with E-state index in [2.05, 4.69) is 30.4 Å². The SMILES string of the molecule is Cc1nccn1CCN1CCN(C(=O)c2ccc(Br)o2)CC1. The summed E-state index contributed by atoms with van der Waals surface area (Å²) in [5.74, 6) is 1.40. The van der Waals surface area contributed by atoms with Gasteiger partial charge in [0, 0.05) is 51.7 Å². The highest BCUT2D eigenvalue weighted by atomic mass is 79.9. The number of hydrogen-bond donors (Lipinski definition) is 0. The molecule has 22 heavy (non-hydrogen) atoms. The molecule has 7 heteroatoms. The van der Waals surface area contributed by atoms with E-state index in [0.29, 0.717) is 10.4 Å². The van der Waals surface area contributed by atoms with E-state index in [0.717, 1.165) is 45.1 Å². The molecule has 6 nitrogen and oxygen atoms in total. The number of halogens is 1. The van der Waals surface area contributed by atoms with Crippen LogP contribution in [0.5, 0.6) is 0 Å². The number of nitrogens with zero attached hydrogens (tertiary/aromatic N) is 4. The van der Waals surface area contributed by atoms with E-state index >= 15 is 0 Å². The molecule has 0 unspecified atom stereocenters. The van der Waals surface area contributed by atoms with E-state index in [1.165, 1.54) is 0 Å². The second kappa shape index (κ2) is 6.66. The van der Waals surface area contributed by atoms with Crippen LogP contribution >= 0.6 is 15.9 Å². The average Bonchev–Trinajstić information content (AvgIpc) is 3.13. The van der Waals surface area contributed by atoms with Gasteiger partial charge in [-0.2, -0.15) is 0 Å². The van der Waals surface area contributed by atoms with Gasteiger partial charge in [0.25, 0.3) is 5.91 Å². The van der Waals surface area contributed by atoms with E-state index in [-0.39, 0.29) is 5.91 Å². The van der Waals surface area contributed by atoms with E-state index in [4.69, 9.17) is 4.42 Å². The number of amides is 1. The van der Waals surface area contributed by atoms with Crippen LogP contribution < -0.4 is 0 Å². The lowest BCUT2D eigenvalue weighted by molar-refractivity contribution is 0.0601. The maximum Gasteiger partial charge on any atom is 0.289 e. The topological polar surface area (TPSA) is 54.5 Å². The Morgan fingerprint density at radius 2 is 2.05 bits per heavy atom. The predicted octanol–water partition coefficient (Wildman–Crippen LogP) is 2.01. The molecule has 2 aromatic rings. The summed E-state index contributed by atoms with van der Waals surface area (Å²) in [6.07, 6.45) is 3.83. The molecular weight excluding hydrogens is 348 g/mol. The van der Waals surface area contributed by atoms with Gasteiger partial charge >= 0.3 is 0 Å². The molecule has 0 bridgehead atoms. The predicted molar refractivity (Wildman–Crippen MR) is 85.7 cm³/mol. The minimum Gasteiger partial charge on any atom is -0.444 e. The Morgan fingerprint density at radius 3 is 2.64 bits per heavy atom. The van der Waals surface area contributed by atoms with Crippen molar-refractivity contribution in [3.05, 3.63) is 40.8 Å². The first kappa shape index (κ1) is 15.3. The van der Waals surface area contributed by atoms with Crippen molar-refractivity contribution in [2.24, 2.45) is 0 Å². The molecule has 3 rings (SSSR count). The number of piperazine rings is 1. The fourth-order valence-corrected chi connectivity index (χ4v) is 2.96. The number of carbonyl (C=O) groups is 1. The van der Waals surface area contributed by atoms with Gasteiger partial charge < -0.3 is 13.9 Å². The molecule has 118 valence electrons. The zero-order valence-corrected chi connectivity index (χ0v) is 14.1. The van der Waals surface area contributed by atoms with Crippen molar-refractivity contribution in [2.75, 3.05) is 32.7 Å². The van der Waals surface area contributed by atoms with Crippen LogP contribution in [0.15, 0.2) is 33.6 Å². The molecular formula is C15H19BrN4O2. The fraction of sp³-hybridized carbons (Fsp3) is 0.467. The third kappa shape index (κ3) is 3.41. The van der Waals surface area contributed by atoms with Gasteiger partial charge in [0.05, 0.1) is 0 Å². The molecule has 0 N–H and O–H groups in total. The zero-order valence-electron chi connectivity index (χ0n) is 12.5. The first-order valence-electron chi connectivity index (χ1n) is 7.38. The number of hydrogen-bond acceptors (Lipinski definition) is 4. The monoisotopic (exact) mass is 366 g/mol. The molecule has 1 aliphatic heterocycles. The molecule has 1 fully saturated rings. The van der Waals surface area contributed by atoms with Crippen molar-refractivity contribution in [2.45, 2.75) is 13.5 Å². The number of rotatable bonds is 4. The van der Waals surface area contributed by atoms with Crippen LogP contribution in [0.1, 0.15) is 16.4 Å². The van der Waals surface area contributed by atoms with Crippen LogP contribution in [0.3, 0.4) is 0 Å². The molecule has 0 aliphatic carbocycles. The van der Waals surface area contributed by atoms with Crippen molar-refractivity contribution in [3.8, 4) is 0 Å². The summed E-state index contributed by atoms with van der Waals surface area (Å²) in [5.41, 5.74) is 0. The number of carbonyl (C=O) groups excluding carboxylic acids is 1. The lowest BCUT2D eigenvalue weighted by Crippen LogP contribution is -2.49. The second-order valence-electron chi connectivity index (χ2n) is 5.41. The van der Waals surface area contributed by atoms with Gasteiger partial charge in [-0.1, -0.05) is 0 Å². The summed E-state index contributed by atoms with van der Waals surface area (Å²) in [4.78, 5) is 20.7. The molecule has 0 radical (unpaired) electrons. The summed E-state index contributed by atoms with van der Waals surface area (Å²) < 4.78 is 8.08. The lowest BCUT2D eigenvalue weighted by atomic mass is 10.3. The minimum absolute atomic E-state index is 0.0317. The van der Waals surface area contributed by atoms with Gasteiger partial charge in [0.15, 0.2) is 10.4 Å². The minimum atomic E-state index is -0.0317. The largest absolute Gasteiger partial charge is 0.444 e. The van der Waals surface area contributed by atoms with Gasteiger partial charge in [0.2, 0.25) is 0 Å². The Labute approximate surface area is 137 Å². The first-order valence-corrected chi connectivity index (χ1v) is 8.17. The number of imidazole rings is 1. The Hall–Kier alpha value is -1.60. The highest BCUT2D eigenvalue weighted by Crippen LogP contribution is 2.16. The van der Waals surface area contributed by atoms with Crippen LogP contribution in [0.25, 0.3) is 0 Å². The molecule has 0 atom stereocenters. The second-order valence-corrected chi connectivity index (χ2v) is 6.19. The van der Waals surface area contributed by atoms with E-state index < -0.39 is 0 Å². The Bertz CT molecular complexity index is 644. The molecule has 1 saturated heterocycles. The molecule has 3 heterocycles. The maximum atomic E-state index is 12.3.